The molecule has 0 radical (unpaired) electrons. The minimum atomic E-state index is -3.81. The van der Waals surface area contributed by atoms with Gasteiger partial charge in [-0.05, 0) is 44.7 Å². The van der Waals surface area contributed by atoms with Crippen molar-refractivity contribution >= 4 is 27.7 Å². The van der Waals surface area contributed by atoms with E-state index in [1.165, 1.54) is 31.2 Å². The van der Waals surface area contributed by atoms with Gasteiger partial charge in [-0.15, -0.1) is 0 Å². The molecule has 0 aromatic heterocycles. The number of sulfonamides is 1. The van der Waals surface area contributed by atoms with Crippen LogP contribution in [0.5, 0.6) is 0 Å². The van der Waals surface area contributed by atoms with E-state index in [1.807, 2.05) is 0 Å². The number of carboxylic acid groups (broad SMARTS) is 1. The summed E-state index contributed by atoms with van der Waals surface area (Å²) in [7, 11) is -3.81. The molecule has 1 saturated carbocycles. The number of rotatable bonds is 8. The number of nitrogens with one attached hydrogen (secondary N) is 2. The molecule has 1 aromatic carbocycles. The zero-order valence-electron chi connectivity index (χ0n) is 15.1. The van der Waals surface area contributed by atoms with Crippen LogP contribution < -0.4 is 10.0 Å². The maximum Gasteiger partial charge on any atom is 0.306 e. The molecular formula is C18H24N2O6S. The standard InChI is InChI=1S/C18H24N2O6S/c1-12(21)14-3-2-4-16(11-14)27(25,26)19-10-9-17(22)20-15-7-5-13(6-8-15)18(23)24/h2-4,11,13,15,19H,5-10H2,1H3,(H,20,22)(H,23,24). The van der Waals surface area contributed by atoms with Crippen molar-refractivity contribution in [1.29, 1.82) is 0 Å². The molecule has 2 rings (SSSR count). The first-order valence-electron chi connectivity index (χ1n) is 8.82. The quantitative estimate of drug-likeness (QED) is 0.568. The van der Waals surface area contributed by atoms with E-state index >= 15 is 0 Å². The first-order valence-corrected chi connectivity index (χ1v) is 10.3. The zero-order chi connectivity index (χ0) is 20.0. The van der Waals surface area contributed by atoms with Gasteiger partial charge in [0.05, 0.1) is 10.8 Å². The van der Waals surface area contributed by atoms with Crippen molar-refractivity contribution in [3.05, 3.63) is 29.8 Å². The number of carbonyl (C=O) groups excluding carboxylic acids is 2. The molecular weight excluding hydrogens is 372 g/mol. The molecule has 148 valence electrons. The Morgan fingerprint density at radius 1 is 1.15 bits per heavy atom. The molecule has 0 saturated heterocycles. The molecule has 1 amide bonds. The SMILES string of the molecule is CC(=O)c1cccc(S(=O)(=O)NCCC(=O)NC2CCC(C(=O)O)CC2)c1. The van der Waals surface area contributed by atoms with Gasteiger partial charge in [-0.1, -0.05) is 12.1 Å². The van der Waals surface area contributed by atoms with Crippen LogP contribution in [0.25, 0.3) is 0 Å². The Morgan fingerprint density at radius 3 is 2.41 bits per heavy atom. The second-order valence-corrected chi connectivity index (χ2v) is 8.45. The fourth-order valence-electron chi connectivity index (χ4n) is 3.05. The van der Waals surface area contributed by atoms with Crippen molar-refractivity contribution in [1.82, 2.24) is 10.0 Å². The molecule has 3 N–H and O–H groups in total. The van der Waals surface area contributed by atoms with Crippen LogP contribution in [0.2, 0.25) is 0 Å². The molecule has 0 unspecified atom stereocenters. The molecule has 9 heteroatoms. The molecule has 27 heavy (non-hydrogen) atoms. The maximum atomic E-state index is 12.3. The summed E-state index contributed by atoms with van der Waals surface area (Å²) in [5.41, 5.74) is 0.299. The van der Waals surface area contributed by atoms with E-state index in [0.717, 1.165) is 0 Å². The predicted octanol–water partition coefficient (Wildman–Crippen LogP) is 1.32. The van der Waals surface area contributed by atoms with Gasteiger partial charge in [0.15, 0.2) is 5.78 Å². The normalized spacial score (nSPS) is 20.0. The summed E-state index contributed by atoms with van der Waals surface area (Å²) in [6.45, 7) is 1.29. The zero-order valence-corrected chi connectivity index (χ0v) is 15.9. The molecule has 1 aliphatic rings. The van der Waals surface area contributed by atoms with Crippen molar-refractivity contribution in [3.63, 3.8) is 0 Å². The van der Waals surface area contributed by atoms with Crippen molar-refractivity contribution in [2.24, 2.45) is 5.92 Å². The third kappa shape index (κ3) is 6.14. The number of carbonyl (C=O) groups is 3. The first-order chi connectivity index (χ1) is 12.7. The summed E-state index contributed by atoms with van der Waals surface area (Å²) >= 11 is 0. The van der Waals surface area contributed by atoms with E-state index in [1.54, 1.807) is 0 Å². The second kappa shape index (κ2) is 9.09. The first kappa shape index (κ1) is 21.0. The third-order valence-corrected chi connectivity index (χ3v) is 6.10. The smallest absolute Gasteiger partial charge is 0.306 e. The van der Waals surface area contributed by atoms with E-state index in [4.69, 9.17) is 5.11 Å². The Labute approximate surface area is 158 Å². The lowest BCUT2D eigenvalue weighted by Gasteiger charge is -2.26. The highest BCUT2D eigenvalue weighted by molar-refractivity contribution is 7.89. The largest absolute Gasteiger partial charge is 0.481 e. The number of ketones is 1. The molecule has 0 aliphatic heterocycles. The predicted molar refractivity (Wildman–Crippen MR) is 97.8 cm³/mol. The van der Waals surface area contributed by atoms with Crippen molar-refractivity contribution in [2.45, 2.75) is 50.0 Å². The van der Waals surface area contributed by atoms with Crippen molar-refractivity contribution in [3.8, 4) is 0 Å². The van der Waals surface area contributed by atoms with E-state index < -0.39 is 16.0 Å². The Morgan fingerprint density at radius 2 is 1.81 bits per heavy atom. The lowest BCUT2D eigenvalue weighted by atomic mass is 9.86. The molecule has 0 spiro atoms. The average molecular weight is 396 g/mol. The lowest BCUT2D eigenvalue weighted by molar-refractivity contribution is -0.142. The van der Waals surface area contributed by atoms with E-state index in [9.17, 15) is 22.8 Å². The molecule has 0 heterocycles. The molecule has 1 aromatic rings. The van der Waals surface area contributed by atoms with Gasteiger partial charge >= 0.3 is 5.97 Å². The summed E-state index contributed by atoms with van der Waals surface area (Å²) in [6, 6.07) is 5.64. The Balaban J connectivity index is 1.80. The van der Waals surface area contributed by atoms with Gasteiger partial charge in [0, 0.05) is 24.6 Å². The van der Waals surface area contributed by atoms with Gasteiger partial charge in [0.1, 0.15) is 0 Å². The van der Waals surface area contributed by atoms with Gasteiger partial charge in [-0.2, -0.15) is 0 Å². The number of amides is 1. The molecule has 1 fully saturated rings. The number of hydrogen-bond acceptors (Lipinski definition) is 5. The van der Waals surface area contributed by atoms with Crippen LogP contribution in [-0.4, -0.2) is 43.8 Å². The summed E-state index contributed by atoms with van der Waals surface area (Å²) < 4.78 is 26.9. The van der Waals surface area contributed by atoms with Gasteiger partial charge in [-0.3, -0.25) is 14.4 Å². The lowest BCUT2D eigenvalue weighted by Crippen LogP contribution is -2.40. The Hall–Kier alpha value is -2.26. The molecule has 0 bridgehead atoms. The van der Waals surface area contributed by atoms with Crippen LogP contribution in [-0.2, 0) is 19.6 Å². The van der Waals surface area contributed by atoms with Crippen LogP contribution in [0.3, 0.4) is 0 Å². The average Bonchev–Trinajstić information content (AvgIpc) is 2.62. The van der Waals surface area contributed by atoms with Gasteiger partial charge in [0.2, 0.25) is 15.9 Å². The molecule has 1 aliphatic carbocycles. The van der Waals surface area contributed by atoms with Crippen LogP contribution in [0.4, 0.5) is 0 Å². The summed E-state index contributed by atoms with van der Waals surface area (Å²) in [5, 5.41) is 11.8. The van der Waals surface area contributed by atoms with Gasteiger partial charge in [0.25, 0.3) is 0 Å². The summed E-state index contributed by atoms with van der Waals surface area (Å²) in [6.07, 6.45) is 2.24. The van der Waals surface area contributed by atoms with Gasteiger partial charge < -0.3 is 10.4 Å². The number of hydrogen-bond donors (Lipinski definition) is 3. The second-order valence-electron chi connectivity index (χ2n) is 6.69. The van der Waals surface area contributed by atoms with Crippen molar-refractivity contribution < 1.29 is 27.9 Å². The highest BCUT2D eigenvalue weighted by Gasteiger charge is 2.26. The Kier molecular flexibility index (Phi) is 7.09. The monoisotopic (exact) mass is 396 g/mol. The van der Waals surface area contributed by atoms with Crippen LogP contribution in [0.1, 0.15) is 49.4 Å². The fourth-order valence-corrected chi connectivity index (χ4v) is 4.13. The molecule has 8 nitrogen and oxygen atoms in total. The number of aliphatic carboxylic acids is 1. The Bertz CT molecular complexity index is 813. The molecule has 0 atom stereocenters. The minimum Gasteiger partial charge on any atom is -0.481 e. The van der Waals surface area contributed by atoms with E-state index in [2.05, 4.69) is 10.0 Å². The van der Waals surface area contributed by atoms with E-state index in [-0.39, 0.29) is 41.5 Å². The maximum absolute atomic E-state index is 12.3. The summed E-state index contributed by atoms with van der Waals surface area (Å²) in [4.78, 5) is 34.3. The number of Topliss-reactive ketones (excluding diaryl/α,β-unsaturated/α-hetero) is 1. The number of benzene rings is 1. The number of carboxylic acids is 1. The van der Waals surface area contributed by atoms with Crippen LogP contribution >= 0.6 is 0 Å². The minimum absolute atomic E-state index is 0.0233. The van der Waals surface area contributed by atoms with Gasteiger partial charge in [-0.25, -0.2) is 13.1 Å². The van der Waals surface area contributed by atoms with Crippen molar-refractivity contribution in [2.75, 3.05) is 6.54 Å². The summed E-state index contributed by atoms with van der Waals surface area (Å²) in [5.74, 6) is -1.67. The third-order valence-electron chi connectivity index (χ3n) is 4.64. The highest BCUT2D eigenvalue weighted by atomic mass is 32.2. The van der Waals surface area contributed by atoms with Crippen LogP contribution in [0.15, 0.2) is 29.2 Å². The fraction of sp³-hybridized carbons (Fsp3) is 0.500. The van der Waals surface area contributed by atoms with E-state index in [0.29, 0.717) is 31.2 Å². The highest BCUT2D eigenvalue weighted by Crippen LogP contribution is 2.24. The topological polar surface area (TPSA) is 130 Å². The van der Waals surface area contributed by atoms with Crippen LogP contribution in [0, 0.1) is 5.92 Å².